The van der Waals surface area contributed by atoms with Gasteiger partial charge >= 0.3 is 6.09 Å². The summed E-state index contributed by atoms with van der Waals surface area (Å²) in [6.45, 7) is 8.01. The molecule has 0 saturated carbocycles. The fraction of sp³-hybridized carbons (Fsp3) is 0.625. The number of aromatic nitrogens is 2. The lowest BCUT2D eigenvalue weighted by Gasteiger charge is -2.38. The van der Waals surface area contributed by atoms with Gasteiger partial charge in [0.15, 0.2) is 0 Å². The number of carbonyl (C=O) groups excluding carboxylic acids is 2. The van der Waals surface area contributed by atoms with E-state index in [1.54, 1.807) is 4.90 Å². The molecule has 2 heterocycles. The summed E-state index contributed by atoms with van der Waals surface area (Å²) in [6, 6.07) is 1.47. The van der Waals surface area contributed by atoms with Crippen molar-refractivity contribution in [1.29, 1.82) is 0 Å². The molecule has 1 saturated heterocycles. The van der Waals surface area contributed by atoms with Gasteiger partial charge in [0.25, 0.3) is 5.91 Å². The number of rotatable bonds is 2. The Morgan fingerprint density at radius 1 is 1.42 bits per heavy atom. The lowest BCUT2D eigenvalue weighted by Crippen LogP contribution is -2.52. The van der Waals surface area contributed by atoms with E-state index in [2.05, 4.69) is 15.3 Å². The molecule has 2 amide bonds. The summed E-state index contributed by atoms with van der Waals surface area (Å²) in [5.74, 6) is -0.290. The molecule has 8 heteroatoms. The minimum atomic E-state index is -0.520. The van der Waals surface area contributed by atoms with Gasteiger partial charge in [-0.2, -0.15) is 0 Å². The van der Waals surface area contributed by atoms with Crippen LogP contribution in [0.1, 0.15) is 51.0 Å². The second kappa shape index (κ2) is 7.34. The highest BCUT2D eigenvalue weighted by molar-refractivity contribution is 6.28. The molecule has 1 N–H and O–H groups in total. The number of ether oxygens (including phenoxy) is 1. The molecule has 0 unspecified atom stereocenters. The molecule has 0 spiro atoms. The first-order valence-corrected chi connectivity index (χ1v) is 8.32. The maximum absolute atomic E-state index is 12.2. The van der Waals surface area contributed by atoms with Crippen LogP contribution < -0.4 is 5.32 Å². The molecule has 1 aromatic heterocycles. The van der Waals surface area contributed by atoms with Gasteiger partial charge in [0, 0.05) is 24.8 Å². The number of amides is 2. The summed E-state index contributed by atoms with van der Waals surface area (Å²) in [6.07, 6.45) is 2.44. The van der Waals surface area contributed by atoms with Crippen molar-refractivity contribution in [3.63, 3.8) is 0 Å². The first-order chi connectivity index (χ1) is 11.2. The Morgan fingerprint density at radius 2 is 2.12 bits per heavy atom. The van der Waals surface area contributed by atoms with E-state index >= 15 is 0 Å². The lowest BCUT2D eigenvalue weighted by molar-refractivity contribution is 0.00959. The van der Waals surface area contributed by atoms with Crippen LogP contribution in [0, 0.1) is 0 Å². The summed E-state index contributed by atoms with van der Waals surface area (Å²) < 4.78 is 5.41. The molecule has 2 atom stereocenters. The maximum Gasteiger partial charge on any atom is 0.410 e. The Bertz CT molecular complexity index is 618. The van der Waals surface area contributed by atoms with Crippen LogP contribution in [0.25, 0.3) is 0 Å². The van der Waals surface area contributed by atoms with Crippen LogP contribution in [0.3, 0.4) is 0 Å². The van der Waals surface area contributed by atoms with Crippen molar-refractivity contribution in [3.05, 3.63) is 23.2 Å². The normalized spacial score (nSPS) is 21.3. The Kier molecular flexibility index (Phi) is 5.64. The predicted octanol–water partition coefficient (Wildman–Crippen LogP) is 2.65. The van der Waals surface area contributed by atoms with Crippen LogP contribution in [-0.2, 0) is 4.74 Å². The van der Waals surface area contributed by atoms with E-state index in [1.807, 2.05) is 27.7 Å². The van der Waals surface area contributed by atoms with Crippen LogP contribution in [0.4, 0.5) is 4.79 Å². The fourth-order valence-corrected chi connectivity index (χ4v) is 2.76. The van der Waals surface area contributed by atoms with E-state index in [1.165, 1.54) is 12.3 Å². The highest BCUT2D eigenvalue weighted by atomic mass is 35.5. The summed E-state index contributed by atoms with van der Waals surface area (Å²) in [4.78, 5) is 33.8. The second-order valence-corrected chi connectivity index (χ2v) is 7.27. The van der Waals surface area contributed by atoms with Crippen molar-refractivity contribution < 1.29 is 14.3 Å². The number of nitrogens with one attached hydrogen (secondary N) is 1. The number of piperidine rings is 1. The Balaban J connectivity index is 1.91. The largest absolute Gasteiger partial charge is 0.444 e. The maximum atomic E-state index is 12.2. The fourth-order valence-electron chi connectivity index (χ4n) is 2.62. The zero-order chi connectivity index (χ0) is 17.9. The predicted molar refractivity (Wildman–Crippen MR) is 89.9 cm³/mol. The number of nitrogens with zero attached hydrogens (tertiary/aromatic N) is 3. The van der Waals surface area contributed by atoms with Gasteiger partial charge in [-0.25, -0.2) is 14.8 Å². The monoisotopic (exact) mass is 354 g/mol. The first kappa shape index (κ1) is 18.4. The lowest BCUT2D eigenvalue weighted by atomic mass is 9.98. The molecule has 1 aliphatic heterocycles. The number of hydrogen-bond donors (Lipinski definition) is 1. The smallest absolute Gasteiger partial charge is 0.410 e. The summed E-state index contributed by atoms with van der Waals surface area (Å²) in [7, 11) is 0. The Morgan fingerprint density at radius 3 is 2.71 bits per heavy atom. The van der Waals surface area contributed by atoms with Crippen molar-refractivity contribution in [3.8, 4) is 0 Å². The van der Waals surface area contributed by atoms with Crippen molar-refractivity contribution in [1.82, 2.24) is 20.2 Å². The molecular weight excluding hydrogens is 332 g/mol. The third-order valence-electron chi connectivity index (χ3n) is 3.70. The van der Waals surface area contributed by atoms with Crippen molar-refractivity contribution >= 4 is 23.6 Å². The van der Waals surface area contributed by atoms with Crippen LogP contribution >= 0.6 is 11.6 Å². The molecule has 2 rings (SSSR count). The van der Waals surface area contributed by atoms with E-state index in [0.717, 1.165) is 0 Å². The van der Waals surface area contributed by atoms with Gasteiger partial charge in [0.05, 0.1) is 0 Å². The van der Waals surface area contributed by atoms with E-state index in [9.17, 15) is 9.59 Å². The van der Waals surface area contributed by atoms with Crippen LogP contribution in [0.15, 0.2) is 12.3 Å². The zero-order valence-corrected chi connectivity index (χ0v) is 15.1. The number of carbonyl (C=O) groups is 2. The highest BCUT2D eigenvalue weighted by Crippen LogP contribution is 2.21. The quantitative estimate of drug-likeness (QED) is 0.825. The van der Waals surface area contributed by atoms with E-state index in [-0.39, 0.29) is 35.1 Å². The average molecular weight is 355 g/mol. The number of likely N-dealkylation sites (tertiary alicyclic amines) is 1. The van der Waals surface area contributed by atoms with Crippen molar-refractivity contribution in [2.75, 3.05) is 6.54 Å². The topological polar surface area (TPSA) is 84.4 Å². The summed E-state index contributed by atoms with van der Waals surface area (Å²) in [5, 5.41) is 2.97. The molecule has 0 radical (unpaired) electrons. The van der Waals surface area contributed by atoms with Gasteiger partial charge in [-0.15, -0.1) is 0 Å². The summed E-state index contributed by atoms with van der Waals surface area (Å²) in [5.41, 5.74) is -0.286. The van der Waals surface area contributed by atoms with E-state index in [0.29, 0.717) is 19.4 Å². The van der Waals surface area contributed by atoms with Gasteiger partial charge in [0.1, 0.15) is 11.3 Å². The van der Waals surface area contributed by atoms with E-state index in [4.69, 9.17) is 16.3 Å². The van der Waals surface area contributed by atoms with Crippen LogP contribution in [0.2, 0.25) is 5.28 Å². The zero-order valence-electron chi connectivity index (χ0n) is 14.4. The Labute approximate surface area is 146 Å². The molecule has 0 aliphatic carbocycles. The number of halogens is 1. The average Bonchev–Trinajstić information content (AvgIpc) is 2.45. The minimum absolute atomic E-state index is 0.0205. The van der Waals surface area contributed by atoms with Gasteiger partial charge in [-0.3, -0.25) is 4.79 Å². The molecule has 1 aliphatic rings. The highest BCUT2D eigenvalue weighted by Gasteiger charge is 2.32. The molecule has 1 aromatic rings. The second-order valence-electron chi connectivity index (χ2n) is 6.93. The van der Waals surface area contributed by atoms with Gasteiger partial charge in [-0.1, -0.05) is 0 Å². The SMILES string of the molecule is C[C@H]1C[C@H](NC(=O)c2ccnc(Cl)n2)CCN1C(=O)OC(C)(C)C. The molecule has 7 nitrogen and oxygen atoms in total. The minimum Gasteiger partial charge on any atom is -0.444 e. The molecular formula is C16H23ClN4O3. The molecule has 0 aromatic carbocycles. The standard InChI is InChI=1S/C16H23ClN4O3/c1-10-9-11(6-8-21(10)15(23)24-16(2,3)4)19-13(22)12-5-7-18-14(17)20-12/h5,7,10-11H,6,8-9H2,1-4H3,(H,19,22)/t10-,11+/m0/s1. The third kappa shape index (κ3) is 5.06. The molecule has 1 fully saturated rings. The van der Waals surface area contributed by atoms with E-state index < -0.39 is 5.60 Å². The number of hydrogen-bond acceptors (Lipinski definition) is 5. The molecule has 132 valence electrons. The van der Waals surface area contributed by atoms with Gasteiger partial charge < -0.3 is 15.0 Å². The molecule has 24 heavy (non-hydrogen) atoms. The summed E-state index contributed by atoms with van der Waals surface area (Å²) >= 11 is 5.70. The van der Waals surface area contributed by atoms with Gasteiger partial charge in [0.2, 0.25) is 5.28 Å². The van der Waals surface area contributed by atoms with Crippen molar-refractivity contribution in [2.45, 2.75) is 58.2 Å². The first-order valence-electron chi connectivity index (χ1n) is 7.95. The van der Waals surface area contributed by atoms with Crippen molar-refractivity contribution in [2.24, 2.45) is 0 Å². The molecule has 0 bridgehead atoms. The van der Waals surface area contributed by atoms with Crippen LogP contribution in [-0.4, -0.2) is 51.1 Å². The third-order valence-corrected chi connectivity index (χ3v) is 3.88. The van der Waals surface area contributed by atoms with Gasteiger partial charge in [-0.05, 0) is 58.2 Å². The Hall–Kier alpha value is -1.89. The van der Waals surface area contributed by atoms with Crippen LogP contribution in [0.5, 0.6) is 0 Å².